The van der Waals surface area contributed by atoms with Crippen molar-refractivity contribution < 1.29 is 28.6 Å². The van der Waals surface area contributed by atoms with E-state index in [0.717, 1.165) is 70.6 Å². The first-order chi connectivity index (χ1) is 40.0. The minimum Gasteiger partial charge on any atom is -0.462 e. The Bertz CT molecular complexity index is 1440. The maximum atomic E-state index is 13.0. The van der Waals surface area contributed by atoms with Gasteiger partial charge in [-0.25, -0.2) is 0 Å². The first-order valence-electron chi connectivity index (χ1n) is 35.8. The van der Waals surface area contributed by atoms with Gasteiger partial charge in [0.1, 0.15) is 13.2 Å². The molecule has 0 heterocycles. The van der Waals surface area contributed by atoms with Crippen molar-refractivity contribution in [1.82, 2.24) is 0 Å². The molecule has 0 saturated carbocycles. The average Bonchev–Trinajstić information content (AvgIpc) is 3.47. The molecule has 0 N–H and O–H groups in total. The maximum Gasteiger partial charge on any atom is 0.309 e. The van der Waals surface area contributed by atoms with Crippen molar-refractivity contribution in [2.45, 2.75) is 386 Å². The van der Waals surface area contributed by atoms with E-state index in [1.165, 1.54) is 270 Å². The van der Waals surface area contributed by atoms with Crippen molar-refractivity contribution in [1.29, 1.82) is 0 Å². The van der Waals surface area contributed by atoms with Gasteiger partial charge in [-0.2, -0.15) is 0 Å². The van der Waals surface area contributed by atoms with Crippen molar-refractivity contribution in [2.24, 2.45) is 0 Å². The minimum absolute atomic E-state index is 0.0988. The number of carbonyl (C=O) groups is 3. The largest absolute Gasteiger partial charge is 0.462 e. The van der Waals surface area contributed by atoms with E-state index in [4.69, 9.17) is 14.2 Å². The normalized spacial score (nSPS) is 12.4. The second-order valence-electron chi connectivity index (χ2n) is 24.2. The molecular weight excluding hydrogens is 997 g/mol. The molecule has 0 aromatic carbocycles. The molecule has 0 spiro atoms. The van der Waals surface area contributed by atoms with Crippen LogP contribution in [0, 0.1) is 0 Å². The topological polar surface area (TPSA) is 78.9 Å². The van der Waals surface area contributed by atoms with Crippen LogP contribution >= 0.6 is 0 Å². The molecule has 0 aliphatic heterocycles. The van der Waals surface area contributed by atoms with Crippen molar-refractivity contribution in [3.63, 3.8) is 0 Å². The summed E-state index contributed by atoms with van der Waals surface area (Å²) in [4.78, 5) is 38.4. The molecular formula is C75H136O6. The zero-order valence-electron chi connectivity index (χ0n) is 54.3. The van der Waals surface area contributed by atoms with Crippen molar-refractivity contribution in [3.05, 3.63) is 60.8 Å². The monoisotopic (exact) mass is 1130 g/mol. The quantitative estimate of drug-likeness (QED) is 0.0261. The smallest absolute Gasteiger partial charge is 0.309 e. The summed E-state index contributed by atoms with van der Waals surface area (Å²) in [5.41, 5.74) is 0. The molecule has 0 fully saturated rings. The van der Waals surface area contributed by atoms with E-state index in [1.54, 1.807) is 0 Å². The summed E-state index contributed by atoms with van der Waals surface area (Å²) >= 11 is 0. The number of hydrogen-bond donors (Lipinski definition) is 0. The lowest BCUT2D eigenvalue weighted by Gasteiger charge is -2.18. The van der Waals surface area contributed by atoms with Crippen molar-refractivity contribution >= 4 is 17.9 Å². The van der Waals surface area contributed by atoms with E-state index in [0.29, 0.717) is 12.8 Å². The van der Waals surface area contributed by atoms with Gasteiger partial charge < -0.3 is 14.2 Å². The summed E-state index contributed by atoms with van der Waals surface area (Å²) in [6.07, 6.45) is 90.1. The number of unbranched alkanes of at least 4 members (excludes halogenated alkanes) is 46. The van der Waals surface area contributed by atoms with Crippen LogP contribution in [0.15, 0.2) is 60.8 Å². The molecule has 0 aromatic rings. The fraction of sp³-hybridized carbons (Fsp3) is 0.827. The first kappa shape index (κ1) is 78.1. The van der Waals surface area contributed by atoms with Gasteiger partial charge in [0.2, 0.25) is 0 Å². The van der Waals surface area contributed by atoms with Gasteiger partial charge in [0.25, 0.3) is 0 Å². The van der Waals surface area contributed by atoms with Crippen LogP contribution in [-0.2, 0) is 28.6 Å². The predicted molar refractivity (Wildman–Crippen MR) is 353 cm³/mol. The van der Waals surface area contributed by atoms with Crippen LogP contribution in [0.5, 0.6) is 0 Å². The average molecular weight is 1130 g/mol. The third-order valence-electron chi connectivity index (χ3n) is 16.1. The first-order valence-corrected chi connectivity index (χ1v) is 35.8. The van der Waals surface area contributed by atoms with Gasteiger partial charge in [-0.05, 0) is 44.9 Å². The lowest BCUT2D eigenvalue weighted by atomic mass is 10.0. The molecule has 0 aliphatic rings. The Balaban J connectivity index is 4.31. The van der Waals surface area contributed by atoms with Crippen LogP contribution in [0.2, 0.25) is 0 Å². The second kappa shape index (κ2) is 69.6. The molecule has 1 unspecified atom stereocenters. The number of allylic oxidation sites excluding steroid dienone is 9. The Hall–Kier alpha value is -2.89. The molecule has 472 valence electrons. The molecule has 1 atom stereocenters. The molecule has 0 rings (SSSR count). The number of ether oxygens (including phenoxy) is 3. The molecule has 0 aliphatic carbocycles. The summed E-state index contributed by atoms with van der Waals surface area (Å²) in [6.45, 7) is 6.51. The van der Waals surface area contributed by atoms with Gasteiger partial charge in [-0.3, -0.25) is 14.4 Å². The molecule has 81 heavy (non-hydrogen) atoms. The molecule has 0 radical (unpaired) electrons. The summed E-state index contributed by atoms with van der Waals surface area (Å²) in [7, 11) is 0. The van der Waals surface area contributed by atoms with Crippen molar-refractivity contribution in [2.75, 3.05) is 13.2 Å². The van der Waals surface area contributed by atoms with Gasteiger partial charge in [-0.15, -0.1) is 0 Å². The highest BCUT2D eigenvalue weighted by Gasteiger charge is 2.19. The number of hydrogen-bond acceptors (Lipinski definition) is 6. The third-order valence-corrected chi connectivity index (χ3v) is 16.1. The molecule has 0 saturated heterocycles. The van der Waals surface area contributed by atoms with Crippen LogP contribution in [-0.4, -0.2) is 37.2 Å². The van der Waals surface area contributed by atoms with Crippen LogP contribution in [0.3, 0.4) is 0 Å². The van der Waals surface area contributed by atoms with Gasteiger partial charge in [0.05, 0.1) is 6.42 Å². The fourth-order valence-electron chi connectivity index (χ4n) is 10.8. The number of rotatable bonds is 66. The van der Waals surface area contributed by atoms with Crippen LogP contribution in [0.4, 0.5) is 0 Å². The van der Waals surface area contributed by atoms with E-state index < -0.39 is 12.1 Å². The van der Waals surface area contributed by atoms with Gasteiger partial charge in [0, 0.05) is 12.8 Å². The number of carbonyl (C=O) groups excluding carboxylic acids is 3. The maximum absolute atomic E-state index is 13.0. The highest BCUT2D eigenvalue weighted by atomic mass is 16.6. The van der Waals surface area contributed by atoms with Crippen LogP contribution < -0.4 is 0 Å². The zero-order chi connectivity index (χ0) is 58.5. The minimum atomic E-state index is -0.813. The Labute approximate surface area is 504 Å². The van der Waals surface area contributed by atoms with Gasteiger partial charge in [0.15, 0.2) is 6.10 Å². The predicted octanol–water partition coefficient (Wildman–Crippen LogP) is 24.7. The summed E-state index contributed by atoms with van der Waals surface area (Å²) < 4.78 is 16.9. The molecule has 0 aromatic heterocycles. The Kier molecular flexibility index (Phi) is 67.1. The van der Waals surface area contributed by atoms with E-state index in [2.05, 4.69) is 69.4 Å². The Morgan fingerprint density at radius 1 is 0.259 bits per heavy atom. The molecule has 0 bridgehead atoms. The van der Waals surface area contributed by atoms with E-state index in [-0.39, 0.29) is 31.6 Å². The van der Waals surface area contributed by atoms with E-state index in [9.17, 15) is 14.4 Å². The molecule has 0 amide bonds. The SMILES string of the molecule is CC/C=C\C/C=C\C/C=C\C/C=C\C/C=C\CC(=O)OCC(COC(=O)CCCCCCCCCCCCCCCCCCCCCCCCCC)OC(=O)CCCCCCCCCCCCCCCCCCCCCCCCCC. The molecule has 6 nitrogen and oxygen atoms in total. The Morgan fingerprint density at radius 2 is 0.481 bits per heavy atom. The van der Waals surface area contributed by atoms with Crippen LogP contribution in [0.25, 0.3) is 0 Å². The fourth-order valence-corrected chi connectivity index (χ4v) is 10.8. The Morgan fingerprint density at radius 3 is 0.753 bits per heavy atom. The second-order valence-corrected chi connectivity index (χ2v) is 24.2. The summed E-state index contributed by atoms with van der Waals surface area (Å²) in [5.74, 6) is -1.01. The van der Waals surface area contributed by atoms with E-state index >= 15 is 0 Å². The highest BCUT2D eigenvalue weighted by Crippen LogP contribution is 2.19. The summed E-state index contributed by atoms with van der Waals surface area (Å²) in [5, 5.41) is 0. The van der Waals surface area contributed by atoms with Crippen LogP contribution in [0.1, 0.15) is 380 Å². The highest BCUT2D eigenvalue weighted by molar-refractivity contribution is 5.72. The standard InChI is InChI=1S/C75H136O6/c1-4-7-10-13-16-19-22-25-28-30-32-34-36-38-40-42-44-47-50-53-56-59-62-65-68-74(77)80-71-72(70-79-73(76)67-64-61-58-55-52-49-46-27-24-21-18-15-12-9-6-3)81-75(78)69-66-63-60-57-54-51-48-45-43-41-39-37-35-33-31-29-26-23-20-17-14-11-8-5-2/h9,12,18,21,27,46,52,55,61,64,72H,4-8,10-11,13-17,19-20,22-26,28-45,47-51,53-54,56-60,62-63,65-71H2,1-3H3/b12-9-,21-18-,46-27-,55-52-,64-61-. The van der Waals surface area contributed by atoms with Gasteiger partial charge >= 0.3 is 17.9 Å². The third kappa shape index (κ3) is 67.8. The lowest BCUT2D eigenvalue weighted by molar-refractivity contribution is -0.166. The van der Waals surface area contributed by atoms with Gasteiger partial charge in [-0.1, -0.05) is 377 Å². The van der Waals surface area contributed by atoms with E-state index in [1.807, 2.05) is 12.2 Å². The molecule has 6 heteroatoms. The lowest BCUT2D eigenvalue weighted by Crippen LogP contribution is -2.30. The number of esters is 3. The zero-order valence-corrected chi connectivity index (χ0v) is 54.3. The summed E-state index contributed by atoms with van der Waals surface area (Å²) in [6, 6.07) is 0. The van der Waals surface area contributed by atoms with Crippen molar-refractivity contribution in [3.8, 4) is 0 Å².